The van der Waals surface area contributed by atoms with Gasteiger partial charge in [-0.25, -0.2) is 4.68 Å². The Morgan fingerprint density at radius 2 is 1.65 bits per heavy atom. The van der Waals surface area contributed by atoms with Gasteiger partial charge in [-0.2, -0.15) is 0 Å². The van der Waals surface area contributed by atoms with Crippen LogP contribution in [-0.2, 0) is 6.54 Å². The molecule has 0 spiro atoms. The van der Waals surface area contributed by atoms with Crippen molar-refractivity contribution in [1.82, 2.24) is 15.0 Å². The smallest absolute Gasteiger partial charge is 0.118 e. The molecule has 1 atom stereocenters. The van der Waals surface area contributed by atoms with Crippen molar-refractivity contribution in [2.45, 2.75) is 12.6 Å². The summed E-state index contributed by atoms with van der Waals surface area (Å²) in [7, 11) is 1.68. The first-order chi connectivity index (χ1) is 12.8. The summed E-state index contributed by atoms with van der Waals surface area (Å²) in [4.78, 5) is 0. The number of nitrogens with one attached hydrogen (secondary N) is 1. The number of para-hydroxylation sites is 2. The van der Waals surface area contributed by atoms with Gasteiger partial charge in [0.25, 0.3) is 0 Å². The number of hydrogen-bond donors (Lipinski definition) is 1. The Morgan fingerprint density at radius 1 is 0.923 bits per heavy atom. The number of anilines is 1. The van der Waals surface area contributed by atoms with Crippen LogP contribution in [0.5, 0.6) is 5.75 Å². The van der Waals surface area contributed by atoms with Crippen molar-refractivity contribution < 1.29 is 4.74 Å². The normalized spacial score (nSPS) is 12.0. The molecule has 4 aromatic rings. The third kappa shape index (κ3) is 3.37. The molecular weight excluding hydrogens is 324 g/mol. The SMILES string of the molecule is COc1ccc(C(Cn2nnc3ccccc32)Nc2ccccc2)cc1. The maximum Gasteiger partial charge on any atom is 0.118 e. The number of ether oxygens (including phenoxy) is 1. The van der Waals surface area contributed by atoms with Crippen LogP contribution in [-0.4, -0.2) is 22.1 Å². The minimum absolute atomic E-state index is 0.0495. The standard InChI is InChI=1S/C21H20N4O/c1-26-18-13-11-16(12-14-18)20(22-17-7-3-2-4-8-17)15-25-21-10-6-5-9-19(21)23-24-25/h2-14,20,22H,15H2,1H3. The van der Waals surface area contributed by atoms with Crippen molar-refractivity contribution in [3.63, 3.8) is 0 Å². The van der Waals surface area contributed by atoms with E-state index in [1.54, 1.807) is 7.11 Å². The molecule has 0 saturated carbocycles. The summed E-state index contributed by atoms with van der Waals surface area (Å²) in [5.41, 5.74) is 4.16. The molecular formula is C21H20N4O. The molecule has 4 rings (SSSR count). The molecule has 26 heavy (non-hydrogen) atoms. The second-order valence-corrected chi connectivity index (χ2v) is 6.10. The van der Waals surface area contributed by atoms with Crippen LogP contribution in [0.3, 0.4) is 0 Å². The zero-order valence-electron chi connectivity index (χ0n) is 14.5. The van der Waals surface area contributed by atoms with Gasteiger partial charge >= 0.3 is 0 Å². The molecule has 0 radical (unpaired) electrons. The zero-order chi connectivity index (χ0) is 17.8. The van der Waals surface area contributed by atoms with E-state index in [2.05, 4.69) is 39.9 Å². The number of rotatable bonds is 6. The lowest BCUT2D eigenvalue weighted by Crippen LogP contribution is -2.18. The topological polar surface area (TPSA) is 52.0 Å². The Morgan fingerprint density at radius 3 is 2.42 bits per heavy atom. The average Bonchev–Trinajstić information content (AvgIpc) is 3.11. The average molecular weight is 344 g/mol. The van der Waals surface area contributed by atoms with Crippen LogP contribution in [0.15, 0.2) is 78.9 Å². The number of nitrogens with zero attached hydrogens (tertiary/aromatic N) is 3. The minimum Gasteiger partial charge on any atom is -0.497 e. The van der Waals surface area contributed by atoms with Crippen LogP contribution in [0.25, 0.3) is 11.0 Å². The first-order valence-electron chi connectivity index (χ1n) is 8.57. The maximum atomic E-state index is 5.28. The summed E-state index contributed by atoms with van der Waals surface area (Å²) in [6.07, 6.45) is 0. The van der Waals surface area contributed by atoms with E-state index in [4.69, 9.17) is 4.74 Å². The van der Waals surface area contributed by atoms with Crippen molar-refractivity contribution in [3.05, 3.63) is 84.4 Å². The van der Waals surface area contributed by atoms with Crippen LogP contribution in [0, 0.1) is 0 Å². The fourth-order valence-electron chi connectivity index (χ4n) is 3.03. The van der Waals surface area contributed by atoms with Gasteiger partial charge in [0.2, 0.25) is 0 Å². The van der Waals surface area contributed by atoms with E-state index in [9.17, 15) is 0 Å². The number of benzene rings is 3. The Labute approximate surface area is 152 Å². The van der Waals surface area contributed by atoms with E-state index in [1.807, 2.05) is 59.3 Å². The Hall–Kier alpha value is -3.34. The van der Waals surface area contributed by atoms with Crippen LogP contribution < -0.4 is 10.1 Å². The van der Waals surface area contributed by atoms with Crippen molar-refractivity contribution in [2.75, 3.05) is 12.4 Å². The van der Waals surface area contributed by atoms with Gasteiger partial charge < -0.3 is 10.1 Å². The molecule has 0 bridgehead atoms. The van der Waals surface area contributed by atoms with E-state index in [0.29, 0.717) is 6.54 Å². The fraction of sp³-hybridized carbons (Fsp3) is 0.143. The van der Waals surface area contributed by atoms with E-state index < -0.39 is 0 Å². The molecule has 5 nitrogen and oxygen atoms in total. The summed E-state index contributed by atoms with van der Waals surface area (Å²) in [5, 5.41) is 12.2. The minimum atomic E-state index is 0.0495. The lowest BCUT2D eigenvalue weighted by atomic mass is 10.1. The molecule has 0 amide bonds. The highest BCUT2D eigenvalue weighted by Gasteiger charge is 2.15. The summed E-state index contributed by atoms with van der Waals surface area (Å²) >= 11 is 0. The number of aromatic nitrogens is 3. The zero-order valence-corrected chi connectivity index (χ0v) is 14.5. The lowest BCUT2D eigenvalue weighted by Gasteiger charge is -2.21. The third-order valence-electron chi connectivity index (χ3n) is 4.41. The number of fused-ring (bicyclic) bond motifs is 1. The van der Waals surface area contributed by atoms with Gasteiger partial charge in [-0.3, -0.25) is 0 Å². The van der Waals surface area contributed by atoms with Gasteiger partial charge in [0.15, 0.2) is 0 Å². The second kappa shape index (κ2) is 7.27. The van der Waals surface area contributed by atoms with Gasteiger partial charge in [0.05, 0.1) is 25.2 Å². The molecule has 0 saturated heterocycles. The van der Waals surface area contributed by atoms with Gasteiger partial charge in [-0.05, 0) is 42.0 Å². The highest BCUT2D eigenvalue weighted by molar-refractivity contribution is 5.73. The first kappa shape index (κ1) is 16.1. The molecule has 0 fully saturated rings. The van der Waals surface area contributed by atoms with E-state index in [0.717, 1.165) is 28.0 Å². The Balaban J connectivity index is 1.67. The molecule has 3 aromatic carbocycles. The highest BCUT2D eigenvalue weighted by Crippen LogP contribution is 2.24. The van der Waals surface area contributed by atoms with Gasteiger partial charge in [0.1, 0.15) is 11.3 Å². The van der Waals surface area contributed by atoms with E-state index in [-0.39, 0.29) is 6.04 Å². The second-order valence-electron chi connectivity index (χ2n) is 6.10. The fourth-order valence-corrected chi connectivity index (χ4v) is 3.03. The van der Waals surface area contributed by atoms with Crippen molar-refractivity contribution >= 4 is 16.7 Å². The quantitative estimate of drug-likeness (QED) is 0.567. The molecule has 130 valence electrons. The molecule has 5 heteroatoms. The Kier molecular flexibility index (Phi) is 4.51. The van der Waals surface area contributed by atoms with Crippen LogP contribution in [0.2, 0.25) is 0 Å². The highest BCUT2D eigenvalue weighted by atomic mass is 16.5. The molecule has 1 heterocycles. The summed E-state index contributed by atoms with van der Waals surface area (Å²) < 4.78 is 7.23. The van der Waals surface area contributed by atoms with Crippen molar-refractivity contribution in [1.29, 1.82) is 0 Å². The Bertz CT molecular complexity index is 980. The molecule has 0 aliphatic rings. The van der Waals surface area contributed by atoms with Gasteiger partial charge in [-0.15, -0.1) is 5.10 Å². The van der Waals surface area contributed by atoms with Gasteiger partial charge in [-0.1, -0.05) is 47.7 Å². The largest absolute Gasteiger partial charge is 0.497 e. The monoisotopic (exact) mass is 344 g/mol. The molecule has 1 aromatic heterocycles. The molecule has 0 aliphatic heterocycles. The number of hydrogen-bond acceptors (Lipinski definition) is 4. The van der Waals surface area contributed by atoms with Crippen molar-refractivity contribution in [2.24, 2.45) is 0 Å². The molecule has 1 unspecified atom stereocenters. The molecule has 1 N–H and O–H groups in total. The molecule has 0 aliphatic carbocycles. The third-order valence-corrected chi connectivity index (χ3v) is 4.41. The van der Waals surface area contributed by atoms with Crippen LogP contribution >= 0.6 is 0 Å². The summed E-state index contributed by atoms with van der Waals surface area (Å²) in [5.74, 6) is 0.846. The lowest BCUT2D eigenvalue weighted by molar-refractivity contribution is 0.414. The van der Waals surface area contributed by atoms with E-state index in [1.165, 1.54) is 0 Å². The first-order valence-corrected chi connectivity index (χ1v) is 8.57. The maximum absolute atomic E-state index is 5.28. The van der Waals surface area contributed by atoms with E-state index >= 15 is 0 Å². The van der Waals surface area contributed by atoms with Crippen LogP contribution in [0.1, 0.15) is 11.6 Å². The summed E-state index contributed by atoms with van der Waals surface area (Å²) in [6.45, 7) is 0.668. The predicted molar refractivity (Wildman–Crippen MR) is 103 cm³/mol. The van der Waals surface area contributed by atoms with Crippen molar-refractivity contribution in [3.8, 4) is 5.75 Å². The van der Waals surface area contributed by atoms with Crippen LogP contribution in [0.4, 0.5) is 5.69 Å². The van der Waals surface area contributed by atoms with Gasteiger partial charge in [0, 0.05) is 5.69 Å². The number of methoxy groups -OCH3 is 1. The predicted octanol–water partition coefficient (Wildman–Crippen LogP) is 4.29. The summed E-state index contributed by atoms with van der Waals surface area (Å²) in [6, 6.07) is 26.4.